The van der Waals surface area contributed by atoms with E-state index in [1.807, 2.05) is 0 Å². The van der Waals surface area contributed by atoms with Gasteiger partial charge in [-0.15, -0.1) is 0 Å². The summed E-state index contributed by atoms with van der Waals surface area (Å²) in [7, 11) is 0. The lowest BCUT2D eigenvalue weighted by Crippen LogP contribution is -2.68. The molecule has 0 heterocycles. The summed E-state index contributed by atoms with van der Waals surface area (Å²) in [6.45, 7) is 14.9. The average Bonchev–Trinajstić information content (AvgIpc) is 2.00. The quantitative estimate of drug-likeness (QED) is 0.526. The minimum atomic E-state index is 0.553. The summed E-state index contributed by atoms with van der Waals surface area (Å²) >= 11 is 0. The fourth-order valence-corrected chi connectivity index (χ4v) is 4.38. The van der Waals surface area contributed by atoms with Gasteiger partial charge in [-0.05, 0) is 40.9 Å². The molecule has 76 valence electrons. The average molecular weight is 180 g/mol. The molecule has 2 bridgehead atoms. The molecule has 0 aromatic heterocycles. The normalized spacial score (nSPS) is 58.6. The van der Waals surface area contributed by atoms with Gasteiger partial charge in [0, 0.05) is 0 Å². The predicted octanol–water partition coefficient (Wildman–Crippen LogP) is 4.10. The first-order valence-corrected chi connectivity index (χ1v) is 5.76. The van der Waals surface area contributed by atoms with Crippen molar-refractivity contribution < 1.29 is 0 Å². The summed E-state index contributed by atoms with van der Waals surface area (Å²) < 4.78 is 0. The van der Waals surface area contributed by atoms with Crippen LogP contribution in [0.25, 0.3) is 0 Å². The summed E-state index contributed by atoms with van der Waals surface area (Å²) in [6.07, 6.45) is 2.89. The summed E-state index contributed by atoms with van der Waals surface area (Å²) in [5.41, 5.74) is 1.79. The first-order valence-electron chi connectivity index (χ1n) is 5.76. The van der Waals surface area contributed by atoms with Crippen molar-refractivity contribution in [2.45, 2.75) is 54.4 Å². The van der Waals surface area contributed by atoms with E-state index in [-0.39, 0.29) is 0 Å². The van der Waals surface area contributed by atoms with Gasteiger partial charge in [-0.25, -0.2) is 0 Å². The Labute approximate surface area is 83.1 Å². The maximum absolute atomic E-state index is 2.51. The molecule has 0 amide bonds. The van der Waals surface area contributed by atoms with Crippen LogP contribution in [0.1, 0.15) is 54.4 Å². The molecule has 3 aliphatic rings. The van der Waals surface area contributed by atoms with Crippen molar-refractivity contribution in [3.8, 4) is 0 Å². The summed E-state index contributed by atoms with van der Waals surface area (Å²) in [4.78, 5) is 0. The Bertz CT molecular complexity index is 218. The van der Waals surface area contributed by atoms with Crippen LogP contribution >= 0.6 is 0 Å². The minimum absolute atomic E-state index is 0.553. The minimum Gasteiger partial charge on any atom is -0.0620 e. The highest BCUT2D eigenvalue weighted by atomic mass is 14.7. The largest absolute Gasteiger partial charge is 0.0620 e. The van der Waals surface area contributed by atoms with Gasteiger partial charge < -0.3 is 0 Å². The number of hydrogen-bond donors (Lipinski definition) is 0. The Kier molecular flexibility index (Phi) is 1.58. The highest BCUT2D eigenvalue weighted by Gasteiger charge is 2.70. The van der Waals surface area contributed by atoms with Crippen molar-refractivity contribution in [2.75, 3.05) is 0 Å². The summed E-state index contributed by atoms with van der Waals surface area (Å²) in [5.74, 6) is 1.83. The fraction of sp³-hybridized carbons (Fsp3) is 1.00. The fourth-order valence-electron chi connectivity index (χ4n) is 4.38. The Balaban J connectivity index is 2.41. The van der Waals surface area contributed by atoms with Gasteiger partial charge >= 0.3 is 0 Å². The molecular formula is C13H24. The van der Waals surface area contributed by atoms with E-state index < -0.39 is 0 Å². The van der Waals surface area contributed by atoms with Crippen molar-refractivity contribution in [2.24, 2.45) is 28.1 Å². The monoisotopic (exact) mass is 180 g/mol. The molecule has 0 N–H and O–H groups in total. The van der Waals surface area contributed by atoms with Crippen LogP contribution in [0.5, 0.6) is 0 Å². The zero-order valence-corrected chi connectivity index (χ0v) is 10.1. The molecule has 0 aliphatic heterocycles. The van der Waals surface area contributed by atoms with E-state index >= 15 is 0 Å². The van der Waals surface area contributed by atoms with Crippen LogP contribution in [-0.4, -0.2) is 0 Å². The van der Waals surface area contributed by atoms with E-state index in [4.69, 9.17) is 0 Å². The van der Waals surface area contributed by atoms with E-state index in [1.54, 1.807) is 0 Å². The van der Waals surface area contributed by atoms with E-state index in [0.29, 0.717) is 16.2 Å². The first-order chi connectivity index (χ1) is 5.76. The molecule has 0 aromatic rings. The second-order valence-corrected chi connectivity index (χ2v) is 6.67. The molecule has 3 rings (SSSR count). The Morgan fingerprint density at radius 3 is 1.54 bits per heavy atom. The van der Waals surface area contributed by atoms with E-state index in [0.717, 1.165) is 11.8 Å². The van der Waals surface area contributed by atoms with Crippen molar-refractivity contribution in [3.63, 3.8) is 0 Å². The van der Waals surface area contributed by atoms with Crippen LogP contribution in [0.3, 0.4) is 0 Å². The lowest BCUT2D eigenvalue weighted by Gasteiger charge is -2.75. The molecule has 3 aliphatic carbocycles. The lowest BCUT2D eigenvalue weighted by molar-refractivity contribution is -0.270. The molecule has 0 saturated heterocycles. The molecule has 0 aromatic carbocycles. The van der Waals surface area contributed by atoms with Gasteiger partial charge in [0.25, 0.3) is 0 Å². The maximum atomic E-state index is 2.51. The van der Waals surface area contributed by atoms with Crippen LogP contribution in [-0.2, 0) is 0 Å². The zero-order chi connectivity index (χ0) is 10.1. The van der Waals surface area contributed by atoms with Gasteiger partial charge in [0.05, 0.1) is 0 Å². The summed E-state index contributed by atoms with van der Waals surface area (Å²) in [5, 5.41) is 0. The van der Waals surface area contributed by atoms with E-state index in [9.17, 15) is 0 Å². The highest BCUT2D eigenvalue weighted by molar-refractivity contribution is 5.18. The van der Waals surface area contributed by atoms with Gasteiger partial charge in [-0.1, -0.05) is 41.5 Å². The molecule has 0 spiro atoms. The second kappa shape index (κ2) is 2.15. The van der Waals surface area contributed by atoms with Crippen LogP contribution in [0.15, 0.2) is 0 Å². The SMILES string of the molecule is CC1CC(C)C2(C)CC1(C)C2(C)C. The van der Waals surface area contributed by atoms with E-state index in [2.05, 4.69) is 41.5 Å². The molecule has 13 heavy (non-hydrogen) atoms. The third-order valence-electron chi connectivity index (χ3n) is 6.47. The zero-order valence-electron chi connectivity index (χ0n) is 10.1. The van der Waals surface area contributed by atoms with Gasteiger partial charge in [-0.2, -0.15) is 0 Å². The van der Waals surface area contributed by atoms with Crippen molar-refractivity contribution >= 4 is 0 Å². The molecule has 0 nitrogen and oxygen atoms in total. The first kappa shape index (κ1) is 9.55. The Hall–Kier alpha value is 0. The standard InChI is InChI=1S/C13H24/c1-9-7-10(2)13(6)8-12(9,5)11(13,3)4/h9-10H,7-8H2,1-6H3. The van der Waals surface area contributed by atoms with Gasteiger partial charge in [0.1, 0.15) is 0 Å². The van der Waals surface area contributed by atoms with Crippen molar-refractivity contribution in [1.82, 2.24) is 0 Å². The van der Waals surface area contributed by atoms with Gasteiger partial charge in [-0.3, -0.25) is 0 Å². The Morgan fingerprint density at radius 1 is 0.846 bits per heavy atom. The topological polar surface area (TPSA) is 0 Å². The highest BCUT2D eigenvalue weighted by Crippen LogP contribution is 2.77. The molecule has 0 radical (unpaired) electrons. The third kappa shape index (κ3) is 0.750. The molecule has 3 fully saturated rings. The van der Waals surface area contributed by atoms with Crippen molar-refractivity contribution in [1.29, 1.82) is 0 Å². The third-order valence-corrected chi connectivity index (χ3v) is 6.47. The van der Waals surface area contributed by atoms with E-state index in [1.165, 1.54) is 12.8 Å². The molecule has 4 unspecified atom stereocenters. The second-order valence-electron chi connectivity index (χ2n) is 6.67. The number of fused-ring (bicyclic) bond motifs is 2. The predicted molar refractivity (Wildman–Crippen MR) is 57.6 cm³/mol. The molecular weight excluding hydrogens is 156 g/mol. The van der Waals surface area contributed by atoms with Gasteiger partial charge in [0.15, 0.2) is 0 Å². The molecule has 0 heteroatoms. The van der Waals surface area contributed by atoms with Crippen LogP contribution in [0.4, 0.5) is 0 Å². The lowest BCUT2D eigenvalue weighted by atomic mass is 9.29. The van der Waals surface area contributed by atoms with Crippen LogP contribution in [0, 0.1) is 28.1 Å². The van der Waals surface area contributed by atoms with Crippen LogP contribution in [0.2, 0.25) is 0 Å². The number of hydrogen-bond acceptors (Lipinski definition) is 0. The Morgan fingerprint density at radius 2 is 1.23 bits per heavy atom. The number of rotatable bonds is 0. The maximum Gasteiger partial charge on any atom is -0.0238 e. The molecule has 4 atom stereocenters. The van der Waals surface area contributed by atoms with Gasteiger partial charge in [0.2, 0.25) is 0 Å². The van der Waals surface area contributed by atoms with Crippen LogP contribution < -0.4 is 0 Å². The smallest absolute Gasteiger partial charge is 0.0238 e. The molecule has 3 saturated carbocycles. The van der Waals surface area contributed by atoms with Crippen molar-refractivity contribution in [3.05, 3.63) is 0 Å². The summed E-state index contributed by atoms with van der Waals surface area (Å²) in [6, 6.07) is 0.